The first-order chi connectivity index (χ1) is 6.48. The number of aromatic nitrogens is 1. The minimum Gasteiger partial charge on any atom is -0.439 e. The summed E-state index contributed by atoms with van der Waals surface area (Å²) >= 11 is 3.49. The number of halogens is 1. The molecule has 1 heterocycles. The van der Waals surface area contributed by atoms with Gasteiger partial charge in [0.05, 0.1) is 10.0 Å². The molecular formula is C10H11BrN2O. The fraction of sp³-hybridized carbons (Fsp3) is 0.300. The van der Waals surface area contributed by atoms with Crippen molar-refractivity contribution in [2.45, 2.75) is 18.2 Å². The molecule has 0 bridgehead atoms. The number of nitrogen functional groups attached to an aromatic ring is 1. The fourth-order valence-electron chi connectivity index (χ4n) is 1.22. The Bertz CT molecular complexity index is 470. The maximum Gasteiger partial charge on any atom is 0.211 e. The van der Waals surface area contributed by atoms with Crippen molar-refractivity contribution in [3.63, 3.8) is 0 Å². The molecule has 0 aliphatic rings. The number of hydrogen-bond acceptors (Lipinski definition) is 3. The Labute approximate surface area is 90.4 Å². The third kappa shape index (κ3) is 1.50. The van der Waals surface area contributed by atoms with Gasteiger partial charge in [-0.1, -0.05) is 22.0 Å². The van der Waals surface area contributed by atoms with Crippen LogP contribution in [0.1, 0.15) is 19.7 Å². The first kappa shape index (κ1) is 9.52. The Morgan fingerprint density at radius 1 is 1.43 bits per heavy atom. The van der Waals surface area contributed by atoms with E-state index in [1.54, 1.807) is 0 Å². The van der Waals surface area contributed by atoms with E-state index < -0.39 is 0 Å². The molecule has 14 heavy (non-hydrogen) atoms. The second-order valence-corrected chi connectivity index (χ2v) is 5.67. The second-order valence-electron chi connectivity index (χ2n) is 3.69. The molecule has 0 aliphatic heterocycles. The molecular weight excluding hydrogens is 244 g/mol. The standard InChI is InChI=1S/C10H11BrN2O/c1-10(2,11)9-13-8-6(12)4-3-5-7(8)14-9/h3-5H,12H2,1-2H3. The van der Waals surface area contributed by atoms with E-state index in [4.69, 9.17) is 10.2 Å². The van der Waals surface area contributed by atoms with Crippen molar-refractivity contribution < 1.29 is 4.42 Å². The number of hydrogen-bond donors (Lipinski definition) is 1. The molecule has 0 aliphatic carbocycles. The van der Waals surface area contributed by atoms with Crippen molar-refractivity contribution in [1.29, 1.82) is 0 Å². The lowest BCUT2D eigenvalue weighted by Gasteiger charge is -2.09. The van der Waals surface area contributed by atoms with E-state index in [0.717, 1.165) is 11.1 Å². The molecule has 1 aromatic heterocycles. The maximum absolute atomic E-state index is 5.78. The van der Waals surface area contributed by atoms with E-state index in [9.17, 15) is 0 Å². The van der Waals surface area contributed by atoms with Gasteiger partial charge in [0.2, 0.25) is 5.89 Å². The van der Waals surface area contributed by atoms with Gasteiger partial charge in [-0.25, -0.2) is 4.98 Å². The zero-order chi connectivity index (χ0) is 10.3. The van der Waals surface area contributed by atoms with Crippen molar-refractivity contribution in [3.8, 4) is 0 Å². The summed E-state index contributed by atoms with van der Waals surface area (Å²) in [4.78, 5) is 4.34. The van der Waals surface area contributed by atoms with E-state index in [1.807, 2.05) is 32.0 Å². The van der Waals surface area contributed by atoms with Crippen LogP contribution in [0, 0.1) is 0 Å². The van der Waals surface area contributed by atoms with Crippen LogP contribution in [0.5, 0.6) is 0 Å². The van der Waals surface area contributed by atoms with Crippen LogP contribution in [-0.4, -0.2) is 4.98 Å². The van der Waals surface area contributed by atoms with Crippen molar-refractivity contribution in [1.82, 2.24) is 4.98 Å². The summed E-state index contributed by atoms with van der Waals surface area (Å²) in [5.41, 5.74) is 7.88. The summed E-state index contributed by atoms with van der Waals surface area (Å²) in [5, 5.41) is 0. The zero-order valence-corrected chi connectivity index (χ0v) is 9.63. The van der Waals surface area contributed by atoms with Crippen LogP contribution >= 0.6 is 15.9 Å². The van der Waals surface area contributed by atoms with Crippen molar-refractivity contribution in [2.75, 3.05) is 5.73 Å². The van der Waals surface area contributed by atoms with Gasteiger partial charge in [-0.2, -0.15) is 0 Å². The molecule has 0 saturated carbocycles. The predicted octanol–water partition coefficient (Wildman–Crippen LogP) is 3.04. The number of para-hydroxylation sites is 1. The Morgan fingerprint density at radius 3 is 2.71 bits per heavy atom. The zero-order valence-electron chi connectivity index (χ0n) is 8.04. The van der Waals surface area contributed by atoms with E-state index in [2.05, 4.69) is 20.9 Å². The van der Waals surface area contributed by atoms with Gasteiger partial charge in [-0.15, -0.1) is 0 Å². The van der Waals surface area contributed by atoms with E-state index in [1.165, 1.54) is 0 Å². The number of rotatable bonds is 1. The summed E-state index contributed by atoms with van der Waals surface area (Å²) in [6.45, 7) is 3.96. The van der Waals surface area contributed by atoms with Crippen molar-refractivity contribution in [2.24, 2.45) is 0 Å². The lowest BCUT2D eigenvalue weighted by Crippen LogP contribution is -2.06. The van der Waals surface area contributed by atoms with Gasteiger partial charge in [0.15, 0.2) is 5.58 Å². The fourth-order valence-corrected chi connectivity index (χ4v) is 1.39. The Balaban J connectivity index is 2.69. The van der Waals surface area contributed by atoms with Crippen LogP contribution < -0.4 is 5.73 Å². The highest BCUT2D eigenvalue weighted by atomic mass is 79.9. The molecule has 0 fully saturated rings. The van der Waals surface area contributed by atoms with Crippen LogP contribution in [0.15, 0.2) is 22.6 Å². The summed E-state index contributed by atoms with van der Waals surface area (Å²) in [5.74, 6) is 0.644. The lowest BCUT2D eigenvalue weighted by molar-refractivity contribution is 0.484. The largest absolute Gasteiger partial charge is 0.439 e. The third-order valence-corrected chi connectivity index (χ3v) is 2.30. The average molecular weight is 255 g/mol. The van der Waals surface area contributed by atoms with Gasteiger partial charge in [0.25, 0.3) is 0 Å². The van der Waals surface area contributed by atoms with E-state index in [0.29, 0.717) is 11.6 Å². The first-order valence-electron chi connectivity index (χ1n) is 4.33. The Hall–Kier alpha value is -1.03. The van der Waals surface area contributed by atoms with Gasteiger partial charge in [0, 0.05) is 0 Å². The maximum atomic E-state index is 5.78. The van der Waals surface area contributed by atoms with Gasteiger partial charge >= 0.3 is 0 Å². The second kappa shape index (κ2) is 2.98. The van der Waals surface area contributed by atoms with Crippen LogP contribution in [0.4, 0.5) is 5.69 Å². The average Bonchev–Trinajstić information content (AvgIpc) is 2.48. The molecule has 2 N–H and O–H groups in total. The topological polar surface area (TPSA) is 52.0 Å². The number of alkyl halides is 1. The quantitative estimate of drug-likeness (QED) is 0.629. The number of oxazole rings is 1. The van der Waals surface area contributed by atoms with Crippen molar-refractivity contribution >= 4 is 32.7 Å². The molecule has 2 rings (SSSR count). The van der Waals surface area contributed by atoms with Crippen LogP contribution in [0.3, 0.4) is 0 Å². The number of anilines is 1. The third-order valence-electron chi connectivity index (χ3n) is 1.96. The molecule has 0 spiro atoms. The van der Waals surface area contributed by atoms with Gasteiger partial charge in [-0.05, 0) is 26.0 Å². The van der Waals surface area contributed by atoms with Gasteiger partial charge < -0.3 is 10.2 Å². The van der Waals surface area contributed by atoms with Gasteiger partial charge in [-0.3, -0.25) is 0 Å². The molecule has 4 heteroatoms. The highest BCUT2D eigenvalue weighted by Crippen LogP contribution is 2.32. The van der Waals surface area contributed by atoms with Crippen LogP contribution in [0.25, 0.3) is 11.1 Å². The molecule has 0 radical (unpaired) electrons. The molecule has 2 aromatic rings. The SMILES string of the molecule is CC(C)(Br)c1nc2c(N)cccc2o1. The summed E-state index contributed by atoms with van der Waals surface area (Å²) in [6, 6.07) is 5.53. The molecule has 0 amide bonds. The van der Waals surface area contributed by atoms with Crippen molar-refractivity contribution in [3.05, 3.63) is 24.1 Å². The summed E-state index contributed by atoms with van der Waals surface area (Å²) in [7, 11) is 0. The number of nitrogens with two attached hydrogens (primary N) is 1. The number of nitrogens with zero attached hydrogens (tertiary/aromatic N) is 1. The molecule has 0 atom stereocenters. The normalized spacial score (nSPS) is 12.2. The van der Waals surface area contributed by atoms with E-state index >= 15 is 0 Å². The minimum atomic E-state index is -0.265. The lowest BCUT2D eigenvalue weighted by atomic mass is 10.2. The smallest absolute Gasteiger partial charge is 0.211 e. The molecule has 74 valence electrons. The highest BCUT2D eigenvalue weighted by Gasteiger charge is 2.23. The van der Waals surface area contributed by atoms with Crippen LogP contribution in [-0.2, 0) is 4.32 Å². The van der Waals surface area contributed by atoms with E-state index in [-0.39, 0.29) is 4.32 Å². The molecule has 1 aromatic carbocycles. The van der Waals surface area contributed by atoms with Crippen LogP contribution in [0.2, 0.25) is 0 Å². The minimum absolute atomic E-state index is 0.265. The monoisotopic (exact) mass is 254 g/mol. The van der Waals surface area contributed by atoms with Gasteiger partial charge in [0.1, 0.15) is 5.52 Å². The molecule has 0 unspecified atom stereocenters. The predicted molar refractivity (Wildman–Crippen MR) is 60.4 cm³/mol. The number of fused-ring (bicyclic) bond motifs is 1. The molecule has 3 nitrogen and oxygen atoms in total. The first-order valence-corrected chi connectivity index (χ1v) is 5.12. The Morgan fingerprint density at radius 2 is 2.14 bits per heavy atom. The summed E-state index contributed by atoms with van der Waals surface area (Å²) < 4.78 is 5.31. The highest BCUT2D eigenvalue weighted by molar-refractivity contribution is 9.09. The Kier molecular flexibility index (Phi) is 2.03. The summed E-state index contributed by atoms with van der Waals surface area (Å²) in [6.07, 6.45) is 0. The number of benzene rings is 1. The molecule has 0 saturated heterocycles.